The summed E-state index contributed by atoms with van der Waals surface area (Å²) in [6.45, 7) is 0. The number of rotatable bonds is 3. The maximum Gasteiger partial charge on any atom is 0.137 e. The number of benzene rings is 2. The molecule has 1 nitrogen and oxygen atoms in total. The standard InChI is InChI=1S/C13H10Br2FNS/c14-9-4-5-11(17)12(6-9)18-7-8-2-1-3-10(16)13(8)15/h1-6H,7,17H2. The van der Waals surface area contributed by atoms with Gasteiger partial charge in [-0.2, -0.15) is 0 Å². The zero-order valence-electron chi connectivity index (χ0n) is 9.29. The molecular weight excluding hydrogens is 381 g/mol. The molecule has 0 saturated heterocycles. The molecule has 0 bridgehead atoms. The van der Waals surface area contributed by atoms with Gasteiger partial charge in [-0.3, -0.25) is 0 Å². The van der Waals surface area contributed by atoms with Crippen molar-refractivity contribution in [3.05, 3.63) is 56.7 Å². The number of thioether (sulfide) groups is 1. The summed E-state index contributed by atoms with van der Waals surface area (Å²) in [6.07, 6.45) is 0. The van der Waals surface area contributed by atoms with Crippen LogP contribution in [0, 0.1) is 5.82 Å². The van der Waals surface area contributed by atoms with Crippen molar-refractivity contribution in [2.45, 2.75) is 10.6 Å². The van der Waals surface area contributed by atoms with Crippen LogP contribution >= 0.6 is 43.6 Å². The van der Waals surface area contributed by atoms with Crippen molar-refractivity contribution < 1.29 is 4.39 Å². The summed E-state index contributed by atoms with van der Waals surface area (Å²) in [6, 6.07) is 10.8. The summed E-state index contributed by atoms with van der Waals surface area (Å²) in [5, 5.41) is 0. The molecule has 0 aliphatic carbocycles. The molecule has 0 amide bonds. The van der Waals surface area contributed by atoms with Gasteiger partial charge >= 0.3 is 0 Å². The number of nitrogens with two attached hydrogens (primary N) is 1. The van der Waals surface area contributed by atoms with Crippen LogP contribution in [0.15, 0.2) is 50.2 Å². The largest absolute Gasteiger partial charge is 0.398 e. The van der Waals surface area contributed by atoms with E-state index in [9.17, 15) is 4.39 Å². The van der Waals surface area contributed by atoms with Gasteiger partial charge in [0, 0.05) is 20.8 Å². The summed E-state index contributed by atoms with van der Waals surface area (Å²) in [4.78, 5) is 0.987. The van der Waals surface area contributed by atoms with E-state index >= 15 is 0 Å². The molecule has 2 N–H and O–H groups in total. The van der Waals surface area contributed by atoms with Gasteiger partial charge in [0.25, 0.3) is 0 Å². The van der Waals surface area contributed by atoms with Crippen molar-refractivity contribution in [3.8, 4) is 0 Å². The third-order valence-electron chi connectivity index (χ3n) is 2.39. The van der Waals surface area contributed by atoms with E-state index in [1.54, 1.807) is 17.8 Å². The molecule has 0 spiro atoms. The smallest absolute Gasteiger partial charge is 0.137 e. The van der Waals surface area contributed by atoms with Gasteiger partial charge in [0.2, 0.25) is 0 Å². The molecule has 5 heteroatoms. The van der Waals surface area contributed by atoms with Crippen LogP contribution in [0.5, 0.6) is 0 Å². The third-order valence-corrected chi connectivity index (χ3v) is 4.89. The van der Waals surface area contributed by atoms with Gasteiger partial charge in [-0.1, -0.05) is 28.1 Å². The number of hydrogen-bond acceptors (Lipinski definition) is 2. The fourth-order valence-corrected chi connectivity index (χ4v) is 3.55. The molecule has 94 valence electrons. The van der Waals surface area contributed by atoms with Crippen LogP contribution in [0.25, 0.3) is 0 Å². The van der Waals surface area contributed by atoms with Gasteiger partial charge in [0.05, 0.1) is 4.47 Å². The number of nitrogen functional groups attached to an aromatic ring is 1. The van der Waals surface area contributed by atoms with Crippen LogP contribution in [-0.4, -0.2) is 0 Å². The first-order chi connectivity index (χ1) is 8.58. The minimum absolute atomic E-state index is 0.240. The van der Waals surface area contributed by atoms with Crippen LogP contribution in [0.1, 0.15) is 5.56 Å². The highest BCUT2D eigenvalue weighted by Crippen LogP contribution is 2.33. The molecule has 0 aliphatic heterocycles. The van der Waals surface area contributed by atoms with Crippen LogP contribution in [-0.2, 0) is 5.75 Å². The second kappa shape index (κ2) is 6.08. The van der Waals surface area contributed by atoms with Crippen LogP contribution < -0.4 is 5.73 Å². The van der Waals surface area contributed by atoms with Crippen molar-refractivity contribution in [1.82, 2.24) is 0 Å². The van der Waals surface area contributed by atoms with Gasteiger partial charge in [-0.15, -0.1) is 11.8 Å². The first-order valence-corrected chi connectivity index (χ1v) is 7.76. The highest BCUT2D eigenvalue weighted by atomic mass is 79.9. The second-order valence-corrected chi connectivity index (χ2v) is 6.41. The molecule has 0 atom stereocenters. The van der Waals surface area contributed by atoms with Gasteiger partial charge in [-0.25, -0.2) is 4.39 Å². The molecule has 0 aliphatic rings. The molecule has 0 saturated carbocycles. The predicted molar refractivity (Wildman–Crippen MR) is 82.2 cm³/mol. The monoisotopic (exact) mass is 389 g/mol. The summed E-state index contributed by atoms with van der Waals surface area (Å²) >= 11 is 8.25. The quantitative estimate of drug-likeness (QED) is 0.573. The minimum Gasteiger partial charge on any atom is -0.398 e. The number of halogens is 3. The molecule has 0 aromatic heterocycles. The van der Waals surface area contributed by atoms with Crippen LogP contribution in [0.3, 0.4) is 0 Å². The zero-order valence-corrected chi connectivity index (χ0v) is 13.3. The average molecular weight is 391 g/mol. The lowest BCUT2D eigenvalue weighted by molar-refractivity contribution is 0.619. The molecule has 2 rings (SSSR count). The van der Waals surface area contributed by atoms with E-state index in [1.165, 1.54) is 6.07 Å². The van der Waals surface area contributed by atoms with E-state index in [1.807, 2.05) is 24.3 Å². The fraction of sp³-hybridized carbons (Fsp3) is 0.0769. The van der Waals surface area contributed by atoms with Gasteiger partial charge in [0.1, 0.15) is 5.82 Å². The minimum atomic E-state index is -0.240. The SMILES string of the molecule is Nc1ccc(Br)cc1SCc1cccc(F)c1Br. The Bertz CT molecular complexity index is 573. The Hall–Kier alpha value is -0.520. The third kappa shape index (κ3) is 3.28. The van der Waals surface area contributed by atoms with Gasteiger partial charge in [0.15, 0.2) is 0 Å². The first kappa shape index (κ1) is 13.9. The molecule has 2 aromatic carbocycles. The summed E-state index contributed by atoms with van der Waals surface area (Å²) in [5.41, 5.74) is 7.54. The normalized spacial score (nSPS) is 10.6. The van der Waals surface area contributed by atoms with Crippen molar-refractivity contribution in [1.29, 1.82) is 0 Å². The fourth-order valence-electron chi connectivity index (χ4n) is 1.45. The Labute approximate surface area is 126 Å². The Morgan fingerprint density at radius 2 is 1.94 bits per heavy atom. The topological polar surface area (TPSA) is 26.0 Å². The summed E-state index contributed by atoms with van der Waals surface area (Å²) in [7, 11) is 0. The Morgan fingerprint density at radius 3 is 2.72 bits per heavy atom. The summed E-state index contributed by atoms with van der Waals surface area (Å²) < 4.78 is 14.9. The maximum atomic E-state index is 13.4. The maximum absolute atomic E-state index is 13.4. The van der Waals surface area contributed by atoms with Crippen LogP contribution in [0.4, 0.5) is 10.1 Å². The van der Waals surface area contributed by atoms with E-state index in [2.05, 4.69) is 31.9 Å². The molecule has 0 unspecified atom stereocenters. The van der Waals surface area contributed by atoms with E-state index in [-0.39, 0.29) is 5.82 Å². The van der Waals surface area contributed by atoms with Crippen molar-refractivity contribution >= 4 is 49.3 Å². The lowest BCUT2D eigenvalue weighted by Crippen LogP contribution is -1.90. The first-order valence-electron chi connectivity index (χ1n) is 5.18. The highest BCUT2D eigenvalue weighted by Gasteiger charge is 2.07. The Kier molecular flexibility index (Phi) is 4.70. The summed E-state index contributed by atoms with van der Waals surface area (Å²) in [5.74, 6) is 0.425. The molecular formula is C13H10Br2FNS. The van der Waals surface area contributed by atoms with Crippen molar-refractivity contribution in [2.24, 2.45) is 0 Å². The lowest BCUT2D eigenvalue weighted by Gasteiger charge is -2.08. The predicted octanol–water partition coefficient (Wildman–Crippen LogP) is 5.23. The zero-order chi connectivity index (χ0) is 13.1. The van der Waals surface area contributed by atoms with Crippen LogP contribution in [0.2, 0.25) is 0 Å². The Morgan fingerprint density at radius 1 is 1.17 bits per heavy atom. The van der Waals surface area contributed by atoms with Crippen molar-refractivity contribution in [3.63, 3.8) is 0 Å². The van der Waals surface area contributed by atoms with Gasteiger partial charge < -0.3 is 5.73 Å². The highest BCUT2D eigenvalue weighted by molar-refractivity contribution is 9.10. The second-order valence-electron chi connectivity index (χ2n) is 3.68. The molecule has 0 fully saturated rings. The van der Waals surface area contributed by atoms with E-state index < -0.39 is 0 Å². The van der Waals surface area contributed by atoms with Crippen molar-refractivity contribution in [2.75, 3.05) is 5.73 Å². The number of anilines is 1. The van der Waals surface area contributed by atoms with Gasteiger partial charge in [-0.05, 0) is 45.8 Å². The molecule has 2 aromatic rings. The van der Waals surface area contributed by atoms with E-state index in [0.29, 0.717) is 10.2 Å². The Balaban J connectivity index is 2.16. The molecule has 0 heterocycles. The average Bonchev–Trinajstić information content (AvgIpc) is 2.35. The lowest BCUT2D eigenvalue weighted by atomic mass is 10.2. The van der Waals surface area contributed by atoms with E-state index in [0.717, 1.165) is 20.6 Å². The molecule has 0 radical (unpaired) electrons. The molecule has 18 heavy (non-hydrogen) atoms. The van der Waals surface area contributed by atoms with E-state index in [4.69, 9.17) is 5.73 Å². The number of hydrogen-bond donors (Lipinski definition) is 1.